The highest BCUT2D eigenvalue weighted by atomic mass is 35.5. The maximum Gasteiger partial charge on any atom is 0.239 e. The van der Waals surface area contributed by atoms with Crippen molar-refractivity contribution >= 4 is 23.4 Å². The number of halogens is 1. The van der Waals surface area contributed by atoms with Gasteiger partial charge in [-0.15, -0.1) is 0 Å². The van der Waals surface area contributed by atoms with E-state index in [0.29, 0.717) is 22.8 Å². The van der Waals surface area contributed by atoms with Crippen molar-refractivity contribution in [2.45, 2.75) is 25.3 Å². The van der Waals surface area contributed by atoms with Gasteiger partial charge in [0.2, 0.25) is 5.95 Å². The second-order valence-corrected chi connectivity index (χ2v) is 6.10. The highest BCUT2D eigenvalue weighted by molar-refractivity contribution is 6.32. The molecule has 3 saturated carbocycles. The molecule has 4 atom stereocenters. The quantitative estimate of drug-likeness (QED) is 0.575. The number of aromatic nitrogens is 2. The predicted octanol–water partition coefficient (Wildman–Crippen LogP) is 1.87. The Hall–Kier alpha value is -1.07. The van der Waals surface area contributed by atoms with Crippen LogP contribution in [0.1, 0.15) is 19.3 Å². The first-order chi connectivity index (χ1) is 8.78. The Labute approximate surface area is 110 Å². The molecule has 1 aromatic heterocycles. The topological polar surface area (TPSA) is 75.9 Å². The Morgan fingerprint density at radius 3 is 2.67 bits per heavy atom. The number of nitrogen functional groups attached to an aromatic ring is 1. The van der Waals surface area contributed by atoms with Gasteiger partial charge >= 0.3 is 0 Å². The summed E-state index contributed by atoms with van der Waals surface area (Å²) < 4.78 is 0. The SMILES string of the molecule is NNc1ncc(Cl)c(NC2C3C4CCC(C4)C23)n1. The van der Waals surface area contributed by atoms with Crippen LogP contribution in [0.3, 0.4) is 0 Å². The molecule has 3 aliphatic rings. The molecule has 96 valence electrons. The average Bonchev–Trinajstić information content (AvgIpc) is 2.79. The van der Waals surface area contributed by atoms with Crippen LogP contribution >= 0.6 is 11.6 Å². The van der Waals surface area contributed by atoms with E-state index < -0.39 is 0 Å². The predicted molar refractivity (Wildman–Crippen MR) is 70.1 cm³/mol. The van der Waals surface area contributed by atoms with Crippen molar-refractivity contribution in [2.75, 3.05) is 10.7 Å². The molecule has 0 spiro atoms. The summed E-state index contributed by atoms with van der Waals surface area (Å²) in [7, 11) is 0. The highest BCUT2D eigenvalue weighted by Gasteiger charge is 2.65. The highest BCUT2D eigenvalue weighted by Crippen LogP contribution is 2.66. The van der Waals surface area contributed by atoms with Crippen LogP contribution in [0.15, 0.2) is 6.20 Å². The summed E-state index contributed by atoms with van der Waals surface area (Å²) in [5.74, 6) is 9.99. The first-order valence-corrected chi connectivity index (χ1v) is 6.91. The molecule has 4 rings (SSSR count). The van der Waals surface area contributed by atoms with Crippen molar-refractivity contribution in [3.8, 4) is 0 Å². The van der Waals surface area contributed by atoms with Crippen LogP contribution in [0, 0.1) is 23.7 Å². The minimum absolute atomic E-state index is 0.399. The smallest absolute Gasteiger partial charge is 0.239 e. The number of rotatable bonds is 3. The molecule has 0 aliphatic heterocycles. The van der Waals surface area contributed by atoms with Gasteiger partial charge in [-0.3, -0.25) is 5.43 Å². The van der Waals surface area contributed by atoms with Gasteiger partial charge in [0.05, 0.1) is 6.20 Å². The zero-order valence-corrected chi connectivity index (χ0v) is 10.7. The van der Waals surface area contributed by atoms with Gasteiger partial charge in [-0.1, -0.05) is 11.6 Å². The molecule has 6 heteroatoms. The molecule has 0 amide bonds. The standard InChI is InChI=1S/C12H16ClN5/c13-7-4-15-12(18-14)17-11(7)16-10-8-5-1-2-6(3-5)9(8)10/h4-6,8-10H,1-3,14H2,(H2,15,16,17,18). The summed E-state index contributed by atoms with van der Waals surface area (Å²) in [4.78, 5) is 8.26. The third-order valence-corrected chi connectivity index (χ3v) is 5.19. The Kier molecular flexibility index (Phi) is 2.23. The lowest BCUT2D eigenvalue weighted by atomic mass is 10.0. The maximum absolute atomic E-state index is 6.11. The first-order valence-electron chi connectivity index (χ1n) is 6.53. The van der Waals surface area contributed by atoms with Crippen molar-refractivity contribution in [2.24, 2.45) is 29.5 Å². The van der Waals surface area contributed by atoms with Crippen molar-refractivity contribution in [3.05, 3.63) is 11.2 Å². The van der Waals surface area contributed by atoms with Crippen LogP contribution in [0.25, 0.3) is 0 Å². The van der Waals surface area contributed by atoms with E-state index in [0.717, 1.165) is 23.7 Å². The lowest BCUT2D eigenvalue weighted by Crippen LogP contribution is -2.16. The molecule has 2 bridgehead atoms. The summed E-state index contributed by atoms with van der Waals surface area (Å²) >= 11 is 6.11. The lowest BCUT2D eigenvalue weighted by molar-refractivity contribution is 0.456. The van der Waals surface area contributed by atoms with Crippen LogP contribution in [-0.2, 0) is 0 Å². The number of anilines is 2. The molecule has 4 N–H and O–H groups in total. The molecular weight excluding hydrogens is 250 g/mol. The van der Waals surface area contributed by atoms with E-state index in [1.165, 1.54) is 19.3 Å². The van der Waals surface area contributed by atoms with Crippen molar-refractivity contribution < 1.29 is 0 Å². The van der Waals surface area contributed by atoms with Gasteiger partial charge in [0.15, 0.2) is 5.82 Å². The summed E-state index contributed by atoms with van der Waals surface area (Å²) in [5, 5.41) is 4.04. The number of nitrogens with one attached hydrogen (secondary N) is 2. The van der Waals surface area contributed by atoms with Gasteiger partial charge in [0.1, 0.15) is 5.02 Å². The van der Waals surface area contributed by atoms with E-state index in [9.17, 15) is 0 Å². The molecule has 0 radical (unpaired) electrons. The van der Waals surface area contributed by atoms with Gasteiger partial charge in [-0.2, -0.15) is 4.98 Å². The molecule has 18 heavy (non-hydrogen) atoms. The third kappa shape index (κ3) is 1.44. The fraction of sp³-hybridized carbons (Fsp3) is 0.667. The van der Waals surface area contributed by atoms with E-state index in [1.807, 2.05) is 0 Å². The summed E-state index contributed by atoms with van der Waals surface area (Å²) in [6.07, 6.45) is 5.85. The van der Waals surface area contributed by atoms with Gasteiger partial charge in [-0.05, 0) is 42.9 Å². The van der Waals surface area contributed by atoms with E-state index in [4.69, 9.17) is 17.4 Å². The number of hydrogen-bond acceptors (Lipinski definition) is 5. The second-order valence-electron chi connectivity index (χ2n) is 5.69. The van der Waals surface area contributed by atoms with E-state index in [1.54, 1.807) is 6.20 Å². The fourth-order valence-electron chi connectivity index (χ4n) is 4.21. The van der Waals surface area contributed by atoms with Crippen LogP contribution in [0.5, 0.6) is 0 Å². The van der Waals surface area contributed by atoms with Gasteiger partial charge in [0.25, 0.3) is 0 Å². The van der Waals surface area contributed by atoms with Crippen LogP contribution in [0.2, 0.25) is 5.02 Å². The first kappa shape index (κ1) is 10.8. The summed E-state index contributed by atoms with van der Waals surface area (Å²) in [5.41, 5.74) is 2.45. The lowest BCUT2D eigenvalue weighted by Gasteiger charge is -2.12. The second kappa shape index (κ2) is 3.71. The van der Waals surface area contributed by atoms with E-state index in [2.05, 4.69) is 20.7 Å². The summed E-state index contributed by atoms with van der Waals surface area (Å²) in [6, 6.07) is 0.564. The van der Waals surface area contributed by atoms with Gasteiger partial charge < -0.3 is 5.32 Å². The number of hydrogen-bond donors (Lipinski definition) is 3. The number of nitrogens with two attached hydrogens (primary N) is 1. The Balaban J connectivity index is 1.53. The number of nitrogens with zero attached hydrogens (tertiary/aromatic N) is 2. The van der Waals surface area contributed by atoms with Crippen molar-refractivity contribution in [1.82, 2.24) is 9.97 Å². The van der Waals surface area contributed by atoms with Crippen molar-refractivity contribution in [1.29, 1.82) is 0 Å². The zero-order valence-electron chi connectivity index (χ0n) is 9.94. The maximum atomic E-state index is 6.11. The molecule has 5 nitrogen and oxygen atoms in total. The zero-order chi connectivity index (χ0) is 12.3. The molecule has 1 aromatic rings. The Bertz CT molecular complexity index is 477. The third-order valence-electron chi connectivity index (χ3n) is 4.91. The van der Waals surface area contributed by atoms with Crippen LogP contribution < -0.4 is 16.6 Å². The largest absolute Gasteiger partial charge is 0.365 e. The van der Waals surface area contributed by atoms with Crippen LogP contribution in [-0.4, -0.2) is 16.0 Å². The molecular formula is C12H16ClN5. The molecule has 4 unspecified atom stereocenters. The minimum Gasteiger partial charge on any atom is -0.365 e. The Morgan fingerprint density at radius 2 is 2.00 bits per heavy atom. The van der Waals surface area contributed by atoms with Crippen molar-refractivity contribution in [3.63, 3.8) is 0 Å². The molecule has 3 aliphatic carbocycles. The average molecular weight is 266 g/mol. The normalized spacial score (nSPS) is 39.6. The summed E-state index contributed by atoms with van der Waals surface area (Å²) in [6.45, 7) is 0. The number of hydrazine groups is 1. The molecule has 3 fully saturated rings. The molecule has 1 heterocycles. The fourth-order valence-corrected chi connectivity index (χ4v) is 4.36. The Morgan fingerprint density at radius 1 is 1.28 bits per heavy atom. The number of fused-ring (bicyclic) bond motifs is 5. The minimum atomic E-state index is 0.399. The van der Waals surface area contributed by atoms with Gasteiger partial charge in [-0.25, -0.2) is 10.8 Å². The van der Waals surface area contributed by atoms with Crippen LogP contribution in [0.4, 0.5) is 11.8 Å². The van der Waals surface area contributed by atoms with Gasteiger partial charge in [0, 0.05) is 6.04 Å². The van der Waals surface area contributed by atoms with E-state index in [-0.39, 0.29) is 0 Å². The van der Waals surface area contributed by atoms with E-state index >= 15 is 0 Å². The molecule has 0 aromatic carbocycles. The monoisotopic (exact) mass is 265 g/mol. The molecule has 0 saturated heterocycles.